The average Bonchev–Trinajstić information content (AvgIpc) is 2.37. The van der Waals surface area contributed by atoms with Gasteiger partial charge in [-0.2, -0.15) is 5.26 Å². The Balaban J connectivity index is 2.53. The molecule has 20 heavy (non-hydrogen) atoms. The first-order valence-corrected chi connectivity index (χ1v) is 6.16. The Kier molecular flexibility index (Phi) is 6.17. The number of halogens is 1. The largest absolute Gasteiger partial charge is 0.480 e. The lowest BCUT2D eigenvalue weighted by molar-refractivity contribution is -0.141. The van der Waals surface area contributed by atoms with Crippen molar-refractivity contribution in [2.24, 2.45) is 0 Å². The molecular formula is C14H15FN2O3. The highest BCUT2D eigenvalue weighted by molar-refractivity contribution is 5.84. The van der Waals surface area contributed by atoms with Crippen LogP contribution in [0.2, 0.25) is 0 Å². The molecule has 0 saturated heterocycles. The number of carbonyl (C=O) groups is 2. The molecule has 0 spiro atoms. The lowest BCUT2D eigenvalue weighted by atomic mass is 10.1. The molecule has 6 heteroatoms. The molecule has 0 unspecified atom stereocenters. The van der Waals surface area contributed by atoms with E-state index in [4.69, 9.17) is 10.4 Å². The molecule has 1 amide bonds. The third-order valence-corrected chi connectivity index (χ3v) is 2.67. The van der Waals surface area contributed by atoms with Gasteiger partial charge in [-0.3, -0.25) is 4.79 Å². The minimum atomic E-state index is -1.14. The summed E-state index contributed by atoms with van der Waals surface area (Å²) >= 11 is 0. The summed E-state index contributed by atoms with van der Waals surface area (Å²) in [5.41, 5.74) is 0.476. The molecule has 0 fully saturated rings. The van der Waals surface area contributed by atoms with E-state index in [0.29, 0.717) is 12.0 Å². The number of unbranched alkanes of at least 4 members (excludes halogenated alkanes) is 1. The van der Waals surface area contributed by atoms with Crippen LogP contribution in [0.5, 0.6) is 0 Å². The van der Waals surface area contributed by atoms with Gasteiger partial charge < -0.3 is 10.4 Å². The van der Waals surface area contributed by atoms with Crippen LogP contribution in [0.1, 0.15) is 24.8 Å². The number of carboxylic acid groups (broad SMARTS) is 1. The van der Waals surface area contributed by atoms with Crippen molar-refractivity contribution in [3.63, 3.8) is 0 Å². The van der Waals surface area contributed by atoms with Crippen LogP contribution in [0.3, 0.4) is 0 Å². The number of nitrogens with zero attached hydrogens (tertiary/aromatic N) is 1. The third kappa shape index (κ3) is 5.48. The molecule has 0 aliphatic heterocycles. The summed E-state index contributed by atoms with van der Waals surface area (Å²) in [6, 6.07) is 6.46. The Morgan fingerprint density at radius 3 is 2.80 bits per heavy atom. The van der Waals surface area contributed by atoms with Gasteiger partial charge in [-0.25, -0.2) is 9.18 Å². The molecule has 1 atom stereocenters. The number of aliphatic carboxylic acids is 1. The summed E-state index contributed by atoms with van der Waals surface area (Å²) < 4.78 is 13.0. The normalized spacial score (nSPS) is 11.4. The maximum absolute atomic E-state index is 13.0. The van der Waals surface area contributed by atoms with Gasteiger partial charge in [0.25, 0.3) is 0 Å². The Hall–Kier alpha value is -2.42. The first-order valence-electron chi connectivity index (χ1n) is 6.16. The molecule has 0 aliphatic rings. The van der Waals surface area contributed by atoms with E-state index in [1.54, 1.807) is 6.07 Å². The zero-order valence-electron chi connectivity index (χ0n) is 10.8. The van der Waals surface area contributed by atoms with Gasteiger partial charge in [0.05, 0.1) is 12.5 Å². The van der Waals surface area contributed by atoms with Gasteiger partial charge in [0, 0.05) is 6.42 Å². The van der Waals surface area contributed by atoms with E-state index in [2.05, 4.69) is 5.32 Å². The Labute approximate surface area is 116 Å². The second-order valence-electron chi connectivity index (χ2n) is 4.32. The molecule has 1 aromatic rings. The van der Waals surface area contributed by atoms with Crippen LogP contribution in [0.25, 0.3) is 0 Å². The smallest absolute Gasteiger partial charge is 0.326 e. The SMILES string of the molecule is N#CCCC[C@H](NC(=O)Cc1cccc(F)c1)C(=O)O. The number of rotatable bonds is 7. The predicted octanol–water partition coefficient (Wildman–Crippen LogP) is 1.63. The monoisotopic (exact) mass is 278 g/mol. The molecule has 106 valence electrons. The summed E-state index contributed by atoms with van der Waals surface area (Å²) in [4.78, 5) is 22.7. The fraction of sp³-hybridized carbons (Fsp3) is 0.357. The summed E-state index contributed by atoms with van der Waals surface area (Å²) in [6.07, 6.45) is 0.745. The zero-order valence-corrected chi connectivity index (χ0v) is 10.8. The summed E-state index contributed by atoms with van der Waals surface area (Å²) in [6.45, 7) is 0. The Morgan fingerprint density at radius 1 is 1.45 bits per heavy atom. The van der Waals surface area contributed by atoms with Gasteiger partial charge in [-0.05, 0) is 30.5 Å². The second kappa shape index (κ2) is 7.89. The van der Waals surface area contributed by atoms with Crippen LogP contribution in [-0.2, 0) is 16.0 Å². The van der Waals surface area contributed by atoms with Crippen molar-refractivity contribution in [1.29, 1.82) is 5.26 Å². The van der Waals surface area contributed by atoms with Crippen LogP contribution in [0.4, 0.5) is 4.39 Å². The summed E-state index contributed by atoms with van der Waals surface area (Å²) in [7, 11) is 0. The number of carboxylic acids is 1. The minimum Gasteiger partial charge on any atom is -0.480 e. The van der Waals surface area contributed by atoms with E-state index in [9.17, 15) is 14.0 Å². The molecule has 0 aliphatic carbocycles. The van der Waals surface area contributed by atoms with Gasteiger partial charge in [-0.1, -0.05) is 12.1 Å². The van der Waals surface area contributed by atoms with Crippen LogP contribution in [0.15, 0.2) is 24.3 Å². The van der Waals surface area contributed by atoms with Crippen molar-refractivity contribution in [1.82, 2.24) is 5.32 Å². The quantitative estimate of drug-likeness (QED) is 0.742. The van der Waals surface area contributed by atoms with Crippen LogP contribution in [0, 0.1) is 17.1 Å². The van der Waals surface area contributed by atoms with Gasteiger partial charge in [-0.15, -0.1) is 0 Å². The van der Waals surface area contributed by atoms with E-state index < -0.39 is 23.7 Å². The van der Waals surface area contributed by atoms with E-state index in [1.807, 2.05) is 6.07 Å². The van der Waals surface area contributed by atoms with E-state index >= 15 is 0 Å². The van der Waals surface area contributed by atoms with Gasteiger partial charge >= 0.3 is 5.97 Å². The zero-order chi connectivity index (χ0) is 15.0. The van der Waals surface area contributed by atoms with E-state index in [1.165, 1.54) is 18.2 Å². The van der Waals surface area contributed by atoms with Crippen molar-refractivity contribution < 1.29 is 19.1 Å². The molecular weight excluding hydrogens is 263 g/mol. The maximum atomic E-state index is 13.0. The number of hydrogen-bond acceptors (Lipinski definition) is 3. The standard InChI is InChI=1S/C14H15FN2O3/c15-11-5-3-4-10(8-11)9-13(18)17-12(14(19)20)6-1-2-7-16/h3-5,8,12H,1-2,6,9H2,(H,17,18)(H,19,20)/t12-/m0/s1. The topological polar surface area (TPSA) is 90.2 Å². The third-order valence-electron chi connectivity index (χ3n) is 2.67. The molecule has 5 nitrogen and oxygen atoms in total. The Morgan fingerprint density at radius 2 is 2.20 bits per heavy atom. The first kappa shape index (κ1) is 15.6. The first-order chi connectivity index (χ1) is 9.52. The summed E-state index contributed by atoms with van der Waals surface area (Å²) in [5.74, 6) is -2.07. The molecule has 1 aromatic carbocycles. The van der Waals surface area contributed by atoms with Crippen molar-refractivity contribution >= 4 is 11.9 Å². The lowest BCUT2D eigenvalue weighted by Crippen LogP contribution is -2.41. The number of amides is 1. The average molecular weight is 278 g/mol. The Bertz CT molecular complexity index is 525. The fourth-order valence-electron chi connectivity index (χ4n) is 1.72. The van der Waals surface area contributed by atoms with Crippen LogP contribution >= 0.6 is 0 Å². The van der Waals surface area contributed by atoms with Crippen molar-refractivity contribution in [2.45, 2.75) is 31.7 Å². The number of carbonyl (C=O) groups excluding carboxylic acids is 1. The van der Waals surface area contributed by atoms with Crippen LogP contribution < -0.4 is 5.32 Å². The number of hydrogen-bond donors (Lipinski definition) is 2. The van der Waals surface area contributed by atoms with E-state index in [-0.39, 0.29) is 19.3 Å². The lowest BCUT2D eigenvalue weighted by Gasteiger charge is -2.13. The minimum absolute atomic E-state index is 0.0835. The van der Waals surface area contributed by atoms with Crippen molar-refractivity contribution in [2.75, 3.05) is 0 Å². The molecule has 0 aromatic heterocycles. The van der Waals surface area contributed by atoms with Crippen LogP contribution in [-0.4, -0.2) is 23.0 Å². The summed E-state index contributed by atoms with van der Waals surface area (Å²) in [5, 5.41) is 19.7. The molecule has 0 radical (unpaired) electrons. The highest BCUT2D eigenvalue weighted by atomic mass is 19.1. The molecule has 0 heterocycles. The van der Waals surface area contributed by atoms with Crippen molar-refractivity contribution in [3.8, 4) is 6.07 Å². The van der Waals surface area contributed by atoms with Crippen molar-refractivity contribution in [3.05, 3.63) is 35.6 Å². The maximum Gasteiger partial charge on any atom is 0.326 e. The number of nitriles is 1. The second-order valence-corrected chi connectivity index (χ2v) is 4.32. The van der Waals surface area contributed by atoms with Gasteiger partial charge in [0.15, 0.2) is 0 Å². The fourth-order valence-corrected chi connectivity index (χ4v) is 1.72. The molecule has 0 saturated carbocycles. The molecule has 1 rings (SSSR count). The predicted molar refractivity (Wildman–Crippen MR) is 69.1 cm³/mol. The van der Waals surface area contributed by atoms with Gasteiger partial charge in [0.1, 0.15) is 11.9 Å². The number of benzene rings is 1. The van der Waals surface area contributed by atoms with E-state index in [0.717, 1.165) is 0 Å². The molecule has 2 N–H and O–H groups in total. The number of nitrogens with one attached hydrogen (secondary N) is 1. The highest BCUT2D eigenvalue weighted by Crippen LogP contribution is 2.06. The molecule has 0 bridgehead atoms. The highest BCUT2D eigenvalue weighted by Gasteiger charge is 2.19. The van der Waals surface area contributed by atoms with Gasteiger partial charge in [0.2, 0.25) is 5.91 Å².